The number of amides is 1. The Kier molecular flexibility index (Phi) is 6.98. The van der Waals surface area contributed by atoms with E-state index in [1.165, 1.54) is 12.1 Å². The molecule has 1 amide bonds. The number of alkyl halides is 2. The van der Waals surface area contributed by atoms with E-state index in [2.05, 4.69) is 0 Å². The lowest BCUT2D eigenvalue weighted by Crippen LogP contribution is -2.40. The Balaban J connectivity index is 2.62. The molecule has 0 aromatic heterocycles. The van der Waals surface area contributed by atoms with Crippen molar-refractivity contribution in [3.8, 4) is 5.75 Å². The number of nitrogens with zero attached hydrogens (tertiary/aromatic N) is 1. The molecule has 4 nitrogen and oxygen atoms in total. The number of halogens is 4. The van der Waals surface area contributed by atoms with Gasteiger partial charge in [0.2, 0.25) is 0 Å². The molecule has 20 heavy (non-hydrogen) atoms. The molecular formula is C12H13Cl2F2NO3. The Bertz CT molecular complexity index is 460. The monoisotopic (exact) mass is 327 g/mol. The maximum atomic E-state index is 12.3. The number of carbonyl (C=O) groups is 1. The summed E-state index contributed by atoms with van der Waals surface area (Å²) in [6.45, 7) is -1.81. The van der Waals surface area contributed by atoms with Crippen LogP contribution in [0.1, 0.15) is 0 Å². The van der Waals surface area contributed by atoms with Crippen LogP contribution < -0.4 is 4.74 Å². The number of benzene rings is 1. The molecule has 0 spiro atoms. The van der Waals surface area contributed by atoms with Gasteiger partial charge in [-0.25, -0.2) is 8.78 Å². The van der Waals surface area contributed by atoms with Crippen molar-refractivity contribution in [1.29, 1.82) is 0 Å². The average molecular weight is 328 g/mol. The molecule has 0 heterocycles. The van der Waals surface area contributed by atoms with Crippen LogP contribution in [-0.4, -0.2) is 48.6 Å². The third-order valence-electron chi connectivity index (χ3n) is 2.33. The third-order valence-corrected chi connectivity index (χ3v) is 2.87. The van der Waals surface area contributed by atoms with Crippen LogP contribution in [0.15, 0.2) is 18.2 Å². The van der Waals surface area contributed by atoms with Gasteiger partial charge in [-0.3, -0.25) is 4.79 Å². The van der Waals surface area contributed by atoms with Gasteiger partial charge in [-0.2, -0.15) is 0 Å². The Hall–Kier alpha value is -1.11. The molecule has 0 saturated carbocycles. The van der Waals surface area contributed by atoms with E-state index in [1.54, 1.807) is 6.07 Å². The molecule has 1 aromatic rings. The van der Waals surface area contributed by atoms with Gasteiger partial charge in [0.1, 0.15) is 5.75 Å². The van der Waals surface area contributed by atoms with Gasteiger partial charge < -0.3 is 14.7 Å². The molecule has 0 radical (unpaired) electrons. The summed E-state index contributed by atoms with van der Waals surface area (Å²) in [4.78, 5) is 12.5. The minimum atomic E-state index is -2.68. The zero-order valence-corrected chi connectivity index (χ0v) is 11.9. The van der Waals surface area contributed by atoms with Crippen molar-refractivity contribution in [1.82, 2.24) is 4.90 Å². The fourth-order valence-electron chi connectivity index (χ4n) is 1.42. The van der Waals surface area contributed by atoms with Crippen molar-refractivity contribution < 1.29 is 23.4 Å². The molecule has 112 valence electrons. The topological polar surface area (TPSA) is 49.8 Å². The van der Waals surface area contributed by atoms with Gasteiger partial charge in [0, 0.05) is 17.6 Å². The molecule has 0 aliphatic heterocycles. The predicted octanol–water partition coefficient (Wildman–Crippen LogP) is 2.46. The smallest absolute Gasteiger partial charge is 0.260 e. The summed E-state index contributed by atoms with van der Waals surface area (Å²) in [5.74, 6) is -0.482. The number of ether oxygens (including phenoxy) is 1. The molecule has 0 saturated heterocycles. The van der Waals surface area contributed by atoms with Gasteiger partial charge in [0.05, 0.1) is 18.2 Å². The second kappa shape index (κ2) is 8.24. The highest BCUT2D eigenvalue weighted by Gasteiger charge is 2.18. The van der Waals surface area contributed by atoms with E-state index < -0.39 is 32.1 Å². The number of rotatable bonds is 7. The summed E-state index contributed by atoms with van der Waals surface area (Å²) < 4.78 is 29.7. The fourth-order valence-corrected chi connectivity index (χ4v) is 1.76. The second-order valence-corrected chi connectivity index (χ2v) is 4.66. The summed E-state index contributed by atoms with van der Waals surface area (Å²) >= 11 is 11.6. The van der Waals surface area contributed by atoms with Crippen LogP contribution in [0.5, 0.6) is 5.75 Å². The Morgan fingerprint density at radius 1 is 1.40 bits per heavy atom. The highest BCUT2D eigenvalue weighted by Crippen LogP contribution is 2.27. The van der Waals surface area contributed by atoms with Crippen molar-refractivity contribution in [2.75, 3.05) is 26.3 Å². The normalized spacial score (nSPS) is 10.7. The van der Waals surface area contributed by atoms with Crippen molar-refractivity contribution in [2.24, 2.45) is 0 Å². The third kappa shape index (κ3) is 5.48. The van der Waals surface area contributed by atoms with Crippen molar-refractivity contribution in [2.45, 2.75) is 6.43 Å². The minimum absolute atomic E-state index is 0.185. The first-order valence-corrected chi connectivity index (χ1v) is 6.44. The maximum Gasteiger partial charge on any atom is 0.260 e. The van der Waals surface area contributed by atoms with Crippen LogP contribution in [0.2, 0.25) is 10.0 Å². The molecule has 1 N–H and O–H groups in total. The number of aliphatic hydroxyl groups excluding tert-OH is 1. The summed E-state index contributed by atoms with van der Waals surface area (Å²) in [6, 6.07) is 4.46. The number of carbonyl (C=O) groups excluding carboxylic acids is 1. The van der Waals surface area contributed by atoms with Crippen LogP contribution in [0.3, 0.4) is 0 Å². The molecule has 0 atom stereocenters. The van der Waals surface area contributed by atoms with E-state index in [1.807, 2.05) is 0 Å². The molecule has 0 bridgehead atoms. The molecule has 1 rings (SSSR count). The highest BCUT2D eigenvalue weighted by molar-refractivity contribution is 6.34. The predicted molar refractivity (Wildman–Crippen MR) is 71.6 cm³/mol. The lowest BCUT2D eigenvalue weighted by atomic mass is 10.3. The molecule has 0 unspecified atom stereocenters. The van der Waals surface area contributed by atoms with E-state index in [4.69, 9.17) is 33.0 Å². The largest absolute Gasteiger partial charge is 0.482 e. The van der Waals surface area contributed by atoms with E-state index in [0.717, 1.165) is 4.90 Å². The molecular weight excluding hydrogens is 315 g/mol. The van der Waals surface area contributed by atoms with Gasteiger partial charge in [0.25, 0.3) is 12.3 Å². The van der Waals surface area contributed by atoms with E-state index in [-0.39, 0.29) is 17.3 Å². The second-order valence-electron chi connectivity index (χ2n) is 3.82. The van der Waals surface area contributed by atoms with Gasteiger partial charge >= 0.3 is 0 Å². The van der Waals surface area contributed by atoms with Crippen LogP contribution in [-0.2, 0) is 4.79 Å². The first kappa shape index (κ1) is 16.9. The number of hydrogen-bond acceptors (Lipinski definition) is 3. The maximum absolute atomic E-state index is 12.3. The molecule has 0 fully saturated rings. The fraction of sp³-hybridized carbons (Fsp3) is 0.417. The van der Waals surface area contributed by atoms with Crippen molar-refractivity contribution in [3.63, 3.8) is 0 Å². The molecule has 8 heteroatoms. The first-order chi connectivity index (χ1) is 9.43. The number of aliphatic hydroxyl groups is 1. The lowest BCUT2D eigenvalue weighted by Gasteiger charge is -2.21. The Labute approximate surface area is 124 Å². The van der Waals surface area contributed by atoms with E-state index in [0.29, 0.717) is 5.02 Å². The van der Waals surface area contributed by atoms with Crippen LogP contribution in [0.4, 0.5) is 8.78 Å². The standard InChI is InChI=1S/C12H13Cl2F2NO3/c13-8-1-2-9(14)10(5-8)20-7-12(19)17(3-4-18)6-11(15)16/h1-2,5,11,18H,3-4,6-7H2. The van der Waals surface area contributed by atoms with E-state index in [9.17, 15) is 13.6 Å². The van der Waals surface area contributed by atoms with E-state index >= 15 is 0 Å². The Morgan fingerprint density at radius 2 is 2.10 bits per heavy atom. The summed E-state index contributed by atoms with van der Waals surface area (Å²) in [6.07, 6.45) is -2.68. The minimum Gasteiger partial charge on any atom is -0.482 e. The average Bonchev–Trinajstić information content (AvgIpc) is 2.38. The van der Waals surface area contributed by atoms with Crippen molar-refractivity contribution in [3.05, 3.63) is 28.2 Å². The lowest BCUT2D eigenvalue weighted by molar-refractivity contribution is -0.135. The van der Waals surface area contributed by atoms with Gasteiger partial charge in [-0.05, 0) is 12.1 Å². The van der Waals surface area contributed by atoms with Gasteiger partial charge in [-0.1, -0.05) is 23.2 Å². The Morgan fingerprint density at radius 3 is 2.70 bits per heavy atom. The zero-order valence-electron chi connectivity index (χ0n) is 10.4. The van der Waals surface area contributed by atoms with Gasteiger partial charge in [0.15, 0.2) is 6.61 Å². The SMILES string of the molecule is O=C(COc1cc(Cl)ccc1Cl)N(CCO)CC(F)F. The van der Waals surface area contributed by atoms with Crippen LogP contribution in [0, 0.1) is 0 Å². The van der Waals surface area contributed by atoms with Crippen LogP contribution >= 0.6 is 23.2 Å². The quantitative estimate of drug-likeness (QED) is 0.836. The zero-order chi connectivity index (χ0) is 15.1. The van der Waals surface area contributed by atoms with Crippen LogP contribution in [0.25, 0.3) is 0 Å². The first-order valence-electron chi connectivity index (χ1n) is 5.68. The summed E-state index contributed by atoms with van der Waals surface area (Å²) in [5, 5.41) is 9.37. The molecule has 0 aliphatic carbocycles. The highest BCUT2D eigenvalue weighted by atomic mass is 35.5. The number of hydrogen-bond donors (Lipinski definition) is 1. The molecule has 0 aliphatic rings. The summed E-state index contributed by atoms with van der Waals surface area (Å²) in [5.41, 5.74) is 0. The molecule has 1 aromatic carbocycles. The summed E-state index contributed by atoms with van der Waals surface area (Å²) in [7, 11) is 0. The van der Waals surface area contributed by atoms with Gasteiger partial charge in [-0.15, -0.1) is 0 Å². The van der Waals surface area contributed by atoms with Crippen molar-refractivity contribution >= 4 is 29.1 Å².